The molecule has 0 aliphatic carbocycles. The molecule has 148 valence electrons. The Balaban J connectivity index is 1.75. The molecule has 2 aromatic carbocycles. The normalized spacial score (nSPS) is 11.4. The first-order chi connectivity index (χ1) is 13.9. The van der Waals surface area contributed by atoms with Crippen LogP contribution in [0, 0.1) is 0 Å². The van der Waals surface area contributed by atoms with Gasteiger partial charge in [-0.05, 0) is 42.0 Å². The number of hydrogen-bond donors (Lipinski definition) is 4. The van der Waals surface area contributed by atoms with Crippen molar-refractivity contribution in [1.82, 2.24) is 5.32 Å². The number of carbonyl (C=O) groups excluding carboxylic acids is 2. The summed E-state index contributed by atoms with van der Waals surface area (Å²) in [4.78, 5) is 36.5. The number of aliphatic carboxylic acids is 1. The number of hydrogen-bond acceptors (Lipinski definition) is 5. The molecule has 3 aromatic rings. The zero-order chi connectivity index (χ0) is 20.8. The van der Waals surface area contributed by atoms with E-state index in [0.717, 1.165) is 0 Å². The number of rotatable bonds is 7. The van der Waals surface area contributed by atoms with Gasteiger partial charge in [-0.3, -0.25) is 9.59 Å². The molecule has 2 amide bonds. The number of phenols is 1. The molecule has 3 rings (SSSR count). The monoisotopic (exact) mass is 394 g/mol. The van der Waals surface area contributed by atoms with Crippen LogP contribution in [0.3, 0.4) is 0 Å². The van der Waals surface area contributed by atoms with Crippen LogP contribution >= 0.6 is 0 Å². The molecule has 1 atom stereocenters. The second kappa shape index (κ2) is 8.75. The van der Waals surface area contributed by atoms with Crippen LogP contribution in [-0.4, -0.2) is 34.0 Å². The standard InChI is InChI=1S/C21H18N2O6/c24-14-9-7-13(8-10-14)12-17(21(27)28)23-19(25)15-4-1-2-5-16(15)22-20(26)18-6-3-11-29-18/h1-11,17,24H,12H2,(H,22,26)(H,23,25)(H,27,28)/t17-/m1/s1. The number of aromatic hydroxyl groups is 1. The lowest BCUT2D eigenvalue weighted by Gasteiger charge is -2.16. The summed E-state index contributed by atoms with van der Waals surface area (Å²) in [7, 11) is 0. The Bertz CT molecular complexity index is 1010. The van der Waals surface area contributed by atoms with E-state index in [1.807, 2.05) is 0 Å². The number of furan rings is 1. The van der Waals surface area contributed by atoms with Gasteiger partial charge in [-0.15, -0.1) is 0 Å². The maximum absolute atomic E-state index is 12.7. The smallest absolute Gasteiger partial charge is 0.326 e. The number of para-hydroxylation sites is 1. The van der Waals surface area contributed by atoms with Gasteiger partial charge >= 0.3 is 5.97 Å². The molecule has 0 aliphatic rings. The Morgan fingerprint density at radius 3 is 2.31 bits per heavy atom. The highest BCUT2D eigenvalue weighted by Gasteiger charge is 2.23. The van der Waals surface area contributed by atoms with Crippen molar-refractivity contribution < 1.29 is 29.0 Å². The highest BCUT2D eigenvalue weighted by Crippen LogP contribution is 2.17. The molecule has 4 N–H and O–H groups in total. The number of phenolic OH excluding ortho intramolecular Hbond substituents is 1. The second-order valence-electron chi connectivity index (χ2n) is 6.21. The topological polar surface area (TPSA) is 129 Å². The van der Waals surface area contributed by atoms with Gasteiger partial charge in [0.15, 0.2) is 5.76 Å². The molecule has 0 bridgehead atoms. The molecule has 1 aromatic heterocycles. The van der Waals surface area contributed by atoms with E-state index < -0.39 is 23.8 Å². The molecule has 29 heavy (non-hydrogen) atoms. The quantitative estimate of drug-likeness (QED) is 0.488. The predicted molar refractivity (Wildman–Crippen MR) is 104 cm³/mol. The summed E-state index contributed by atoms with van der Waals surface area (Å²) in [6, 6.07) is 14.1. The summed E-state index contributed by atoms with van der Waals surface area (Å²) in [5.74, 6) is -2.24. The van der Waals surface area contributed by atoms with E-state index in [1.165, 1.54) is 36.6 Å². The Kier molecular flexibility index (Phi) is 5.94. The van der Waals surface area contributed by atoms with Crippen LogP contribution in [-0.2, 0) is 11.2 Å². The molecule has 0 unspecified atom stereocenters. The van der Waals surface area contributed by atoms with Gasteiger partial charge < -0.3 is 25.3 Å². The minimum absolute atomic E-state index is 0.0300. The van der Waals surface area contributed by atoms with Crippen LogP contribution in [0.2, 0.25) is 0 Å². The fraction of sp³-hybridized carbons (Fsp3) is 0.0952. The van der Waals surface area contributed by atoms with Crippen LogP contribution in [0.15, 0.2) is 71.3 Å². The van der Waals surface area contributed by atoms with Crippen LogP contribution < -0.4 is 10.6 Å². The number of anilines is 1. The molecule has 8 nitrogen and oxygen atoms in total. The third-order valence-corrected chi connectivity index (χ3v) is 4.14. The van der Waals surface area contributed by atoms with Gasteiger partial charge in [-0.2, -0.15) is 0 Å². The minimum atomic E-state index is -1.21. The van der Waals surface area contributed by atoms with Crippen molar-refractivity contribution in [3.05, 3.63) is 83.8 Å². The number of nitrogens with one attached hydrogen (secondary N) is 2. The van der Waals surface area contributed by atoms with Crippen LogP contribution in [0.4, 0.5) is 5.69 Å². The van der Waals surface area contributed by atoms with E-state index in [1.54, 1.807) is 30.3 Å². The Hall–Kier alpha value is -4.07. The Morgan fingerprint density at radius 1 is 0.931 bits per heavy atom. The number of benzene rings is 2. The van der Waals surface area contributed by atoms with Crippen LogP contribution in [0.25, 0.3) is 0 Å². The lowest BCUT2D eigenvalue weighted by Crippen LogP contribution is -2.42. The molecule has 1 heterocycles. The van der Waals surface area contributed by atoms with Gasteiger partial charge in [0, 0.05) is 6.42 Å². The minimum Gasteiger partial charge on any atom is -0.508 e. The van der Waals surface area contributed by atoms with Crippen molar-refractivity contribution in [1.29, 1.82) is 0 Å². The highest BCUT2D eigenvalue weighted by molar-refractivity contribution is 6.08. The average molecular weight is 394 g/mol. The fourth-order valence-corrected chi connectivity index (χ4v) is 2.69. The molecule has 0 aliphatic heterocycles. The molecule has 8 heteroatoms. The van der Waals surface area contributed by atoms with E-state index in [2.05, 4.69) is 10.6 Å². The van der Waals surface area contributed by atoms with Gasteiger partial charge in [0.05, 0.1) is 17.5 Å². The maximum Gasteiger partial charge on any atom is 0.326 e. The number of amides is 2. The molecule has 0 fully saturated rings. The zero-order valence-corrected chi connectivity index (χ0v) is 15.2. The van der Waals surface area contributed by atoms with Crippen molar-refractivity contribution in [2.45, 2.75) is 12.5 Å². The van der Waals surface area contributed by atoms with E-state index >= 15 is 0 Å². The number of carboxylic acids is 1. The van der Waals surface area contributed by atoms with E-state index in [-0.39, 0.29) is 29.2 Å². The molecule has 0 saturated carbocycles. The second-order valence-corrected chi connectivity index (χ2v) is 6.21. The van der Waals surface area contributed by atoms with E-state index in [0.29, 0.717) is 5.56 Å². The summed E-state index contributed by atoms with van der Waals surface area (Å²) in [5, 5.41) is 23.9. The first-order valence-corrected chi connectivity index (χ1v) is 8.69. The molecule has 0 spiro atoms. The van der Waals surface area contributed by atoms with Crippen molar-refractivity contribution >= 4 is 23.5 Å². The zero-order valence-electron chi connectivity index (χ0n) is 15.2. The third-order valence-electron chi connectivity index (χ3n) is 4.14. The number of carbonyl (C=O) groups is 3. The molecule has 0 radical (unpaired) electrons. The molecule has 0 saturated heterocycles. The lowest BCUT2D eigenvalue weighted by molar-refractivity contribution is -0.139. The maximum atomic E-state index is 12.7. The highest BCUT2D eigenvalue weighted by atomic mass is 16.4. The Labute approximate surface area is 165 Å². The van der Waals surface area contributed by atoms with E-state index in [4.69, 9.17) is 4.42 Å². The third kappa shape index (κ3) is 5.01. The van der Waals surface area contributed by atoms with Gasteiger partial charge in [-0.25, -0.2) is 4.79 Å². The molecular formula is C21H18N2O6. The fourth-order valence-electron chi connectivity index (χ4n) is 2.69. The number of carboxylic acid groups (broad SMARTS) is 1. The first-order valence-electron chi connectivity index (χ1n) is 8.69. The summed E-state index contributed by atoms with van der Waals surface area (Å²) in [6.45, 7) is 0. The van der Waals surface area contributed by atoms with Crippen molar-refractivity contribution in [3.8, 4) is 5.75 Å². The largest absolute Gasteiger partial charge is 0.508 e. The van der Waals surface area contributed by atoms with Gasteiger partial charge in [-0.1, -0.05) is 24.3 Å². The van der Waals surface area contributed by atoms with Gasteiger partial charge in [0.25, 0.3) is 11.8 Å². The SMILES string of the molecule is O=C(Nc1ccccc1C(=O)N[C@H](Cc1ccc(O)cc1)C(=O)O)c1ccco1. The summed E-state index contributed by atoms with van der Waals surface area (Å²) >= 11 is 0. The Morgan fingerprint density at radius 2 is 1.66 bits per heavy atom. The van der Waals surface area contributed by atoms with Gasteiger partial charge in [0.2, 0.25) is 0 Å². The van der Waals surface area contributed by atoms with Crippen molar-refractivity contribution in [2.24, 2.45) is 0 Å². The summed E-state index contributed by atoms with van der Waals surface area (Å²) in [6.07, 6.45) is 1.39. The van der Waals surface area contributed by atoms with Crippen molar-refractivity contribution in [2.75, 3.05) is 5.32 Å². The van der Waals surface area contributed by atoms with Crippen LogP contribution in [0.5, 0.6) is 5.75 Å². The first kappa shape index (κ1) is 19.7. The summed E-state index contributed by atoms with van der Waals surface area (Å²) < 4.78 is 5.03. The lowest BCUT2D eigenvalue weighted by atomic mass is 10.0. The van der Waals surface area contributed by atoms with Crippen molar-refractivity contribution in [3.63, 3.8) is 0 Å². The van der Waals surface area contributed by atoms with E-state index in [9.17, 15) is 24.6 Å². The van der Waals surface area contributed by atoms with Crippen LogP contribution in [0.1, 0.15) is 26.5 Å². The predicted octanol–water partition coefficient (Wildman–Crippen LogP) is 2.66. The summed E-state index contributed by atoms with van der Waals surface area (Å²) in [5.41, 5.74) is 0.972. The average Bonchev–Trinajstić information content (AvgIpc) is 3.24. The van der Waals surface area contributed by atoms with Gasteiger partial charge in [0.1, 0.15) is 11.8 Å². The molecular weight excluding hydrogens is 376 g/mol.